The van der Waals surface area contributed by atoms with Gasteiger partial charge in [0, 0.05) is 12.0 Å². The Morgan fingerprint density at radius 1 is 1.09 bits per heavy atom. The maximum atomic E-state index is 6.10. The predicted molar refractivity (Wildman–Crippen MR) is 101 cm³/mol. The van der Waals surface area contributed by atoms with Gasteiger partial charge in [-0.05, 0) is 48.8 Å². The van der Waals surface area contributed by atoms with Crippen LogP contribution in [0.4, 0.5) is 0 Å². The molecule has 0 heterocycles. The van der Waals surface area contributed by atoms with Crippen molar-refractivity contribution >= 4 is 8.32 Å². The van der Waals surface area contributed by atoms with Crippen LogP contribution in [0, 0.1) is 11.8 Å². The van der Waals surface area contributed by atoms with Crippen molar-refractivity contribution in [1.29, 1.82) is 0 Å². The third-order valence-corrected chi connectivity index (χ3v) is 8.77. The molecule has 2 nitrogen and oxygen atoms in total. The van der Waals surface area contributed by atoms with Crippen LogP contribution in [0.5, 0.6) is 5.75 Å². The van der Waals surface area contributed by atoms with E-state index in [9.17, 15) is 0 Å². The van der Waals surface area contributed by atoms with Crippen molar-refractivity contribution in [2.45, 2.75) is 51.7 Å². The fourth-order valence-electron chi connectivity index (χ4n) is 1.65. The Labute approximate surface area is 143 Å². The standard InChI is InChI=1S/C20H30O2Si/c1-20(2,3)23(5,6)22-17-11-9-7-8-10-12-18-13-15-19(21-4)16-14-18/h9,11,13-16H,7-8,17H2,1-6H3/b11-9+. The molecule has 0 saturated carbocycles. The summed E-state index contributed by atoms with van der Waals surface area (Å²) < 4.78 is 11.2. The summed E-state index contributed by atoms with van der Waals surface area (Å²) in [6.07, 6.45) is 6.11. The molecule has 0 spiro atoms. The number of benzene rings is 1. The highest BCUT2D eigenvalue weighted by molar-refractivity contribution is 6.74. The summed E-state index contributed by atoms with van der Waals surface area (Å²) in [7, 11) is 0.0467. The molecule has 23 heavy (non-hydrogen) atoms. The molecule has 0 aliphatic heterocycles. The van der Waals surface area contributed by atoms with Crippen molar-refractivity contribution in [3.05, 3.63) is 42.0 Å². The lowest BCUT2D eigenvalue weighted by molar-refractivity contribution is 0.327. The van der Waals surface area contributed by atoms with E-state index in [1.807, 2.05) is 24.3 Å². The third-order valence-electron chi connectivity index (χ3n) is 4.27. The van der Waals surface area contributed by atoms with E-state index in [2.05, 4.69) is 57.9 Å². The van der Waals surface area contributed by atoms with Crippen molar-refractivity contribution in [1.82, 2.24) is 0 Å². The average Bonchev–Trinajstić information content (AvgIpc) is 2.49. The Kier molecular flexibility index (Phi) is 7.61. The van der Waals surface area contributed by atoms with E-state index >= 15 is 0 Å². The van der Waals surface area contributed by atoms with Gasteiger partial charge in [0.25, 0.3) is 0 Å². The summed E-state index contributed by atoms with van der Waals surface area (Å²) in [5.74, 6) is 7.22. The van der Waals surface area contributed by atoms with Crippen LogP contribution < -0.4 is 4.74 Å². The van der Waals surface area contributed by atoms with Gasteiger partial charge in [0.2, 0.25) is 0 Å². The van der Waals surface area contributed by atoms with Crippen LogP contribution in [0.15, 0.2) is 36.4 Å². The van der Waals surface area contributed by atoms with Crippen LogP contribution in [0.2, 0.25) is 18.1 Å². The van der Waals surface area contributed by atoms with E-state index < -0.39 is 8.32 Å². The zero-order valence-electron chi connectivity index (χ0n) is 15.4. The molecule has 0 radical (unpaired) electrons. The molecular weight excluding hydrogens is 300 g/mol. The number of unbranched alkanes of at least 4 members (excludes halogenated alkanes) is 1. The molecule has 126 valence electrons. The van der Waals surface area contributed by atoms with Crippen LogP contribution in [0.1, 0.15) is 39.2 Å². The molecule has 0 aliphatic carbocycles. The van der Waals surface area contributed by atoms with Crippen LogP contribution in [-0.2, 0) is 4.43 Å². The van der Waals surface area contributed by atoms with Crippen LogP contribution >= 0.6 is 0 Å². The Morgan fingerprint density at radius 2 is 1.74 bits per heavy atom. The average molecular weight is 331 g/mol. The van der Waals surface area contributed by atoms with Crippen LogP contribution in [0.25, 0.3) is 0 Å². The zero-order chi connectivity index (χ0) is 17.3. The van der Waals surface area contributed by atoms with Gasteiger partial charge in [-0.1, -0.05) is 44.8 Å². The molecule has 1 rings (SSSR count). The smallest absolute Gasteiger partial charge is 0.192 e. The molecule has 0 unspecified atom stereocenters. The number of ether oxygens (including phenoxy) is 1. The molecule has 0 aliphatic rings. The highest BCUT2D eigenvalue weighted by Gasteiger charge is 2.36. The van der Waals surface area contributed by atoms with Gasteiger partial charge < -0.3 is 9.16 Å². The Bertz CT molecular complexity index is 554. The van der Waals surface area contributed by atoms with Crippen molar-refractivity contribution in [3.8, 4) is 17.6 Å². The van der Waals surface area contributed by atoms with Gasteiger partial charge in [-0.2, -0.15) is 0 Å². The summed E-state index contributed by atoms with van der Waals surface area (Å²) in [5, 5.41) is 0.269. The fourth-order valence-corrected chi connectivity index (χ4v) is 2.60. The first-order chi connectivity index (χ1) is 10.8. The molecule has 0 atom stereocenters. The molecule has 0 aromatic heterocycles. The van der Waals surface area contributed by atoms with E-state index in [1.54, 1.807) is 7.11 Å². The SMILES string of the molecule is COc1ccc(C#CCC/C=C/CO[Si](C)(C)C(C)(C)C)cc1. The number of hydrogen-bond acceptors (Lipinski definition) is 2. The maximum absolute atomic E-state index is 6.10. The second-order valence-electron chi connectivity index (χ2n) is 7.11. The van der Waals surface area contributed by atoms with Gasteiger partial charge in [-0.25, -0.2) is 0 Å². The fraction of sp³-hybridized carbons (Fsp3) is 0.500. The Hall–Kier alpha value is -1.50. The molecule has 1 aromatic rings. The number of methoxy groups -OCH3 is 1. The van der Waals surface area contributed by atoms with Gasteiger partial charge in [0.1, 0.15) is 5.75 Å². The van der Waals surface area contributed by atoms with Gasteiger partial charge in [-0.3, -0.25) is 0 Å². The van der Waals surface area contributed by atoms with Crippen molar-refractivity contribution in [2.24, 2.45) is 0 Å². The minimum Gasteiger partial charge on any atom is -0.497 e. The number of rotatable bonds is 6. The molecule has 0 bridgehead atoms. The highest BCUT2D eigenvalue weighted by atomic mass is 28.4. The number of hydrogen-bond donors (Lipinski definition) is 0. The second-order valence-corrected chi connectivity index (χ2v) is 11.9. The van der Waals surface area contributed by atoms with E-state index in [4.69, 9.17) is 9.16 Å². The van der Waals surface area contributed by atoms with Gasteiger partial charge in [0.05, 0.1) is 13.7 Å². The second kappa shape index (κ2) is 8.96. The third kappa shape index (κ3) is 7.07. The minimum atomic E-state index is -1.62. The molecule has 0 fully saturated rings. The summed E-state index contributed by atoms with van der Waals surface area (Å²) in [5.41, 5.74) is 1.02. The van der Waals surface area contributed by atoms with E-state index in [0.29, 0.717) is 6.61 Å². The molecule has 1 aromatic carbocycles. The topological polar surface area (TPSA) is 18.5 Å². The van der Waals surface area contributed by atoms with Crippen molar-refractivity contribution < 1.29 is 9.16 Å². The first kappa shape index (κ1) is 19.5. The van der Waals surface area contributed by atoms with Crippen LogP contribution in [-0.4, -0.2) is 22.0 Å². The minimum absolute atomic E-state index is 0.269. The van der Waals surface area contributed by atoms with E-state index in [1.165, 1.54) is 0 Å². The lowest BCUT2D eigenvalue weighted by Gasteiger charge is -2.35. The van der Waals surface area contributed by atoms with Crippen LogP contribution in [0.3, 0.4) is 0 Å². The summed E-state index contributed by atoms with van der Waals surface area (Å²) in [6, 6.07) is 7.83. The lowest BCUT2D eigenvalue weighted by atomic mass is 10.2. The summed E-state index contributed by atoms with van der Waals surface area (Å²) >= 11 is 0. The monoisotopic (exact) mass is 330 g/mol. The molecule has 0 saturated heterocycles. The quantitative estimate of drug-likeness (QED) is 0.301. The largest absolute Gasteiger partial charge is 0.497 e. The predicted octanol–water partition coefficient (Wildman–Crippen LogP) is 5.40. The maximum Gasteiger partial charge on any atom is 0.192 e. The zero-order valence-corrected chi connectivity index (χ0v) is 16.4. The van der Waals surface area contributed by atoms with Crippen molar-refractivity contribution in [2.75, 3.05) is 13.7 Å². The molecule has 0 N–H and O–H groups in total. The van der Waals surface area contributed by atoms with Gasteiger partial charge in [0.15, 0.2) is 8.32 Å². The lowest BCUT2D eigenvalue weighted by Crippen LogP contribution is -2.40. The Morgan fingerprint density at radius 3 is 2.30 bits per heavy atom. The van der Waals surface area contributed by atoms with E-state index in [0.717, 1.165) is 24.2 Å². The molecule has 0 amide bonds. The summed E-state index contributed by atoms with van der Waals surface area (Å²) in [6.45, 7) is 12.1. The summed E-state index contributed by atoms with van der Waals surface area (Å²) in [4.78, 5) is 0. The Balaban J connectivity index is 2.28. The first-order valence-electron chi connectivity index (χ1n) is 8.18. The van der Waals surface area contributed by atoms with E-state index in [-0.39, 0.29) is 5.04 Å². The number of allylic oxidation sites excluding steroid dienone is 1. The molecular formula is C20H30O2Si. The van der Waals surface area contributed by atoms with Gasteiger partial charge in [-0.15, -0.1) is 0 Å². The normalized spacial score (nSPS) is 12.1. The molecule has 3 heteroatoms. The van der Waals surface area contributed by atoms with Gasteiger partial charge >= 0.3 is 0 Å². The first-order valence-corrected chi connectivity index (χ1v) is 11.1. The highest BCUT2D eigenvalue weighted by Crippen LogP contribution is 2.36. The van der Waals surface area contributed by atoms with Crippen molar-refractivity contribution in [3.63, 3.8) is 0 Å².